The third kappa shape index (κ3) is 3.43. The van der Waals surface area contributed by atoms with Gasteiger partial charge in [-0.25, -0.2) is 9.37 Å². The van der Waals surface area contributed by atoms with Gasteiger partial charge in [-0.2, -0.15) is 0 Å². The van der Waals surface area contributed by atoms with E-state index in [4.69, 9.17) is 0 Å². The van der Waals surface area contributed by atoms with Crippen molar-refractivity contribution in [1.29, 1.82) is 0 Å². The van der Waals surface area contributed by atoms with Gasteiger partial charge in [-0.1, -0.05) is 18.2 Å². The van der Waals surface area contributed by atoms with Crippen LogP contribution in [0, 0.1) is 11.7 Å². The van der Waals surface area contributed by atoms with E-state index >= 15 is 0 Å². The van der Waals surface area contributed by atoms with Crippen molar-refractivity contribution in [3.8, 4) is 0 Å². The number of imidazole rings is 1. The van der Waals surface area contributed by atoms with Crippen molar-refractivity contribution >= 4 is 5.65 Å². The van der Waals surface area contributed by atoms with E-state index in [1.54, 1.807) is 12.1 Å². The van der Waals surface area contributed by atoms with Crippen LogP contribution in [0.5, 0.6) is 0 Å². The lowest BCUT2D eigenvalue weighted by Gasteiger charge is -2.34. The second-order valence-electron chi connectivity index (χ2n) is 6.79. The Hall–Kier alpha value is -2.24. The minimum atomic E-state index is -0.515. The molecule has 1 aliphatic heterocycles. The van der Waals surface area contributed by atoms with Gasteiger partial charge in [0.1, 0.15) is 11.5 Å². The van der Waals surface area contributed by atoms with Gasteiger partial charge >= 0.3 is 0 Å². The Morgan fingerprint density at radius 2 is 1.88 bits per heavy atom. The maximum Gasteiger partial charge on any atom is 0.136 e. The first-order valence-corrected chi connectivity index (χ1v) is 8.77. The largest absolute Gasteiger partial charge is 0.388 e. The first-order chi connectivity index (χ1) is 12.2. The van der Waals surface area contributed by atoms with Crippen molar-refractivity contribution in [2.45, 2.75) is 25.5 Å². The summed E-state index contributed by atoms with van der Waals surface area (Å²) in [7, 11) is 0. The molecule has 25 heavy (non-hydrogen) atoms. The fraction of sp³-hybridized carbons (Fsp3) is 0.350. The van der Waals surface area contributed by atoms with Crippen LogP contribution in [0.1, 0.15) is 30.2 Å². The van der Waals surface area contributed by atoms with Crippen LogP contribution >= 0.6 is 0 Å². The molecule has 3 aromatic rings. The predicted molar refractivity (Wildman–Crippen MR) is 94.6 cm³/mol. The summed E-state index contributed by atoms with van der Waals surface area (Å²) in [5.74, 6) is -0.0392. The molecule has 0 aliphatic carbocycles. The van der Waals surface area contributed by atoms with Crippen LogP contribution in [0.25, 0.3) is 5.65 Å². The van der Waals surface area contributed by atoms with Crippen molar-refractivity contribution in [2.24, 2.45) is 5.92 Å². The first-order valence-electron chi connectivity index (χ1n) is 8.77. The van der Waals surface area contributed by atoms with E-state index in [0.717, 1.165) is 43.7 Å². The number of piperidine rings is 1. The maximum atomic E-state index is 13.0. The standard InChI is InChI=1S/C20H22FN3O/c21-17-6-4-15(5-7-17)20(25)16-8-11-23(12-9-16)14-18-13-22-19-3-1-2-10-24(18)19/h1-7,10,13,16,20,25H,8-9,11-12,14H2. The number of benzene rings is 1. The van der Waals surface area contributed by atoms with Gasteiger partial charge in [0.15, 0.2) is 0 Å². The Balaban J connectivity index is 1.37. The SMILES string of the molecule is OC(c1ccc(F)cc1)C1CCN(Cc2cnc3ccccn23)CC1. The Labute approximate surface area is 146 Å². The molecule has 1 fully saturated rings. The van der Waals surface area contributed by atoms with E-state index in [1.807, 2.05) is 30.6 Å². The van der Waals surface area contributed by atoms with E-state index in [-0.39, 0.29) is 11.7 Å². The number of aromatic nitrogens is 2. The zero-order valence-corrected chi connectivity index (χ0v) is 14.1. The summed E-state index contributed by atoms with van der Waals surface area (Å²) >= 11 is 0. The molecule has 0 saturated carbocycles. The maximum absolute atomic E-state index is 13.0. The molecule has 1 aromatic carbocycles. The number of halogens is 1. The molecule has 2 aromatic heterocycles. The van der Waals surface area contributed by atoms with Crippen LogP contribution < -0.4 is 0 Å². The van der Waals surface area contributed by atoms with Crippen LogP contribution in [0.3, 0.4) is 0 Å². The smallest absolute Gasteiger partial charge is 0.136 e. The number of likely N-dealkylation sites (tertiary alicyclic amines) is 1. The zero-order valence-electron chi connectivity index (χ0n) is 14.1. The molecular formula is C20H22FN3O. The summed E-state index contributed by atoms with van der Waals surface area (Å²) in [6, 6.07) is 12.2. The Morgan fingerprint density at radius 3 is 2.64 bits per heavy atom. The molecule has 0 amide bonds. The third-order valence-electron chi connectivity index (χ3n) is 5.17. The highest BCUT2D eigenvalue weighted by atomic mass is 19.1. The number of aliphatic hydroxyl groups is 1. The highest BCUT2D eigenvalue weighted by molar-refractivity contribution is 5.39. The van der Waals surface area contributed by atoms with Crippen molar-refractivity contribution in [3.05, 3.63) is 71.9 Å². The molecule has 130 valence electrons. The van der Waals surface area contributed by atoms with E-state index in [0.29, 0.717) is 0 Å². The number of hydrogen-bond donors (Lipinski definition) is 1. The molecule has 1 atom stereocenters. The van der Waals surface area contributed by atoms with Crippen molar-refractivity contribution in [1.82, 2.24) is 14.3 Å². The zero-order chi connectivity index (χ0) is 17.2. The average Bonchev–Trinajstić information content (AvgIpc) is 3.06. The Bertz CT molecular complexity index is 838. The monoisotopic (exact) mass is 339 g/mol. The summed E-state index contributed by atoms with van der Waals surface area (Å²) in [6.07, 6.45) is 5.35. The molecule has 1 aliphatic rings. The van der Waals surface area contributed by atoms with Crippen LogP contribution in [-0.4, -0.2) is 32.5 Å². The van der Waals surface area contributed by atoms with Crippen molar-refractivity contribution in [3.63, 3.8) is 0 Å². The lowest BCUT2D eigenvalue weighted by atomic mass is 9.87. The normalized spacial score (nSPS) is 17.8. The number of nitrogens with zero attached hydrogens (tertiary/aromatic N) is 3. The minimum absolute atomic E-state index is 0.226. The van der Waals surface area contributed by atoms with Gasteiger partial charge in [-0.15, -0.1) is 0 Å². The summed E-state index contributed by atoms with van der Waals surface area (Å²) in [5, 5.41) is 10.6. The highest BCUT2D eigenvalue weighted by Gasteiger charge is 2.26. The quantitative estimate of drug-likeness (QED) is 0.792. The number of hydrogen-bond acceptors (Lipinski definition) is 3. The number of rotatable bonds is 4. The fourth-order valence-corrected chi connectivity index (χ4v) is 3.69. The molecule has 1 unspecified atom stereocenters. The van der Waals surface area contributed by atoms with Crippen molar-refractivity contribution in [2.75, 3.05) is 13.1 Å². The first kappa shape index (κ1) is 16.2. The van der Waals surface area contributed by atoms with Crippen LogP contribution in [-0.2, 0) is 6.54 Å². The van der Waals surface area contributed by atoms with Crippen LogP contribution in [0.15, 0.2) is 54.9 Å². The lowest BCUT2D eigenvalue weighted by molar-refractivity contribution is 0.0563. The Morgan fingerprint density at radius 1 is 1.12 bits per heavy atom. The molecule has 1 saturated heterocycles. The molecule has 1 N–H and O–H groups in total. The van der Waals surface area contributed by atoms with E-state index < -0.39 is 6.10 Å². The summed E-state index contributed by atoms with van der Waals surface area (Å²) in [5.41, 5.74) is 2.97. The number of pyridine rings is 1. The summed E-state index contributed by atoms with van der Waals surface area (Å²) < 4.78 is 15.2. The molecule has 4 rings (SSSR count). The molecule has 3 heterocycles. The van der Waals surface area contributed by atoms with Crippen molar-refractivity contribution < 1.29 is 9.50 Å². The predicted octanol–water partition coefficient (Wildman–Crippen LogP) is 3.42. The van der Waals surface area contributed by atoms with Gasteiger partial charge in [-0.05, 0) is 61.7 Å². The average molecular weight is 339 g/mol. The van der Waals surface area contributed by atoms with E-state index in [9.17, 15) is 9.50 Å². The van der Waals surface area contributed by atoms with Crippen LogP contribution in [0.4, 0.5) is 4.39 Å². The highest BCUT2D eigenvalue weighted by Crippen LogP contribution is 2.31. The molecular weight excluding hydrogens is 317 g/mol. The fourth-order valence-electron chi connectivity index (χ4n) is 3.69. The van der Waals surface area contributed by atoms with Gasteiger partial charge in [0.25, 0.3) is 0 Å². The van der Waals surface area contributed by atoms with E-state index in [1.165, 1.54) is 17.8 Å². The van der Waals surface area contributed by atoms with Gasteiger partial charge in [0, 0.05) is 12.7 Å². The molecule has 0 bridgehead atoms. The number of aliphatic hydroxyl groups excluding tert-OH is 1. The summed E-state index contributed by atoms with van der Waals surface area (Å²) in [4.78, 5) is 6.85. The topological polar surface area (TPSA) is 40.8 Å². The van der Waals surface area contributed by atoms with E-state index in [2.05, 4.69) is 14.3 Å². The summed E-state index contributed by atoms with van der Waals surface area (Å²) in [6.45, 7) is 2.76. The molecule has 5 heteroatoms. The molecule has 0 radical (unpaired) electrons. The number of fused-ring (bicyclic) bond motifs is 1. The Kier molecular flexibility index (Phi) is 4.51. The second-order valence-corrected chi connectivity index (χ2v) is 6.79. The molecule has 0 spiro atoms. The molecule has 4 nitrogen and oxygen atoms in total. The third-order valence-corrected chi connectivity index (χ3v) is 5.17. The van der Waals surface area contributed by atoms with Gasteiger partial charge < -0.3 is 9.51 Å². The van der Waals surface area contributed by atoms with Gasteiger partial charge in [-0.3, -0.25) is 4.90 Å². The minimum Gasteiger partial charge on any atom is -0.388 e. The van der Waals surface area contributed by atoms with Gasteiger partial charge in [0.2, 0.25) is 0 Å². The van der Waals surface area contributed by atoms with Crippen LogP contribution in [0.2, 0.25) is 0 Å². The lowest BCUT2D eigenvalue weighted by Crippen LogP contribution is -2.35. The second kappa shape index (κ2) is 6.94. The van der Waals surface area contributed by atoms with Gasteiger partial charge in [0.05, 0.1) is 18.0 Å².